The van der Waals surface area contributed by atoms with Crippen LogP contribution in [0.2, 0.25) is 0 Å². The van der Waals surface area contributed by atoms with Gasteiger partial charge in [-0.1, -0.05) is 26.0 Å². The topological polar surface area (TPSA) is 132 Å². The molecule has 0 spiro atoms. The molecule has 2 amide bonds. The van der Waals surface area contributed by atoms with Crippen molar-refractivity contribution in [1.82, 2.24) is 5.32 Å². The number of rotatable bonds is 12. The molecule has 0 unspecified atom stereocenters. The molecular formula is C28H33N3O7S. The molecule has 10 nitrogen and oxygen atoms in total. The van der Waals surface area contributed by atoms with Crippen molar-refractivity contribution in [3.05, 3.63) is 72.3 Å². The molecule has 0 radical (unpaired) electrons. The number of hydrogen-bond donors (Lipinski definition) is 3. The molecule has 3 N–H and O–H groups in total. The molecule has 0 aliphatic carbocycles. The molecule has 0 aromatic heterocycles. The van der Waals surface area contributed by atoms with Gasteiger partial charge in [0.15, 0.2) is 0 Å². The highest BCUT2D eigenvalue weighted by Crippen LogP contribution is 2.29. The van der Waals surface area contributed by atoms with Crippen LogP contribution >= 0.6 is 0 Å². The Kier molecular flexibility index (Phi) is 9.78. The fraction of sp³-hybridized carbons (Fsp3) is 0.286. The number of anilines is 2. The van der Waals surface area contributed by atoms with E-state index in [2.05, 4.69) is 15.4 Å². The van der Waals surface area contributed by atoms with E-state index in [4.69, 9.17) is 14.2 Å². The van der Waals surface area contributed by atoms with Crippen LogP contribution in [0.3, 0.4) is 0 Å². The minimum absolute atomic E-state index is 0.0928. The Bertz CT molecular complexity index is 1410. The fourth-order valence-corrected chi connectivity index (χ4v) is 5.00. The molecule has 39 heavy (non-hydrogen) atoms. The Balaban J connectivity index is 1.82. The monoisotopic (exact) mass is 555 g/mol. The average molecular weight is 556 g/mol. The lowest BCUT2D eigenvalue weighted by atomic mass is 10.0. The van der Waals surface area contributed by atoms with Gasteiger partial charge in [0.05, 0.1) is 26.4 Å². The van der Waals surface area contributed by atoms with Crippen molar-refractivity contribution in [3.63, 3.8) is 0 Å². The quantitative estimate of drug-likeness (QED) is 0.304. The van der Waals surface area contributed by atoms with Gasteiger partial charge in [-0.3, -0.25) is 14.3 Å². The number of hydrogen-bond acceptors (Lipinski definition) is 7. The molecule has 0 aliphatic heterocycles. The molecule has 1 atom stereocenters. The van der Waals surface area contributed by atoms with Crippen LogP contribution in [-0.2, 0) is 14.8 Å². The second kappa shape index (κ2) is 13.0. The number of amides is 2. The zero-order valence-corrected chi connectivity index (χ0v) is 23.3. The van der Waals surface area contributed by atoms with Crippen LogP contribution in [0.25, 0.3) is 0 Å². The summed E-state index contributed by atoms with van der Waals surface area (Å²) in [5.41, 5.74) is 0.841. The third-order valence-corrected chi connectivity index (χ3v) is 7.13. The normalized spacial score (nSPS) is 11.8. The van der Waals surface area contributed by atoms with Gasteiger partial charge < -0.3 is 24.8 Å². The highest BCUT2D eigenvalue weighted by molar-refractivity contribution is 7.92. The molecule has 0 heterocycles. The van der Waals surface area contributed by atoms with Crippen molar-refractivity contribution in [2.45, 2.75) is 31.7 Å². The van der Waals surface area contributed by atoms with E-state index < -0.39 is 27.9 Å². The number of para-hydroxylation sites is 1. The summed E-state index contributed by atoms with van der Waals surface area (Å²) < 4.78 is 44.8. The van der Waals surface area contributed by atoms with E-state index in [-0.39, 0.29) is 22.3 Å². The van der Waals surface area contributed by atoms with Crippen molar-refractivity contribution >= 4 is 33.2 Å². The van der Waals surface area contributed by atoms with Gasteiger partial charge >= 0.3 is 0 Å². The molecule has 0 saturated carbocycles. The molecule has 0 fully saturated rings. The number of ether oxygens (including phenoxy) is 3. The zero-order valence-electron chi connectivity index (χ0n) is 22.5. The Morgan fingerprint density at radius 1 is 0.872 bits per heavy atom. The molecule has 208 valence electrons. The largest absolute Gasteiger partial charge is 0.497 e. The number of benzene rings is 3. The van der Waals surface area contributed by atoms with Crippen molar-refractivity contribution < 1.29 is 32.2 Å². The molecule has 3 rings (SSSR count). The first-order chi connectivity index (χ1) is 18.6. The Labute approximate surface area is 228 Å². The number of carbonyl (C=O) groups is 2. The van der Waals surface area contributed by atoms with Crippen molar-refractivity contribution in [3.8, 4) is 17.2 Å². The Morgan fingerprint density at radius 3 is 2.15 bits per heavy atom. The minimum Gasteiger partial charge on any atom is -0.497 e. The standard InChI is InChI=1S/C28H33N3O7S/c1-6-38-23-10-8-7-9-22(23)27(32)30-26(18(2)3)28(33)29-20-13-16-24(37-5)25(17-20)39(34,35)31-19-11-14-21(36-4)15-12-19/h7-18,26,31H,6H2,1-5H3,(H,29,33)(H,30,32)/t26-/m0/s1. The number of methoxy groups -OCH3 is 2. The maximum atomic E-state index is 13.2. The predicted octanol–water partition coefficient (Wildman–Crippen LogP) is 4.30. The lowest BCUT2D eigenvalue weighted by Crippen LogP contribution is -2.47. The summed E-state index contributed by atoms with van der Waals surface area (Å²) in [4.78, 5) is 26.1. The lowest BCUT2D eigenvalue weighted by Gasteiger charge is -2.22. The Hall–Kier alpha value is -4.25. The molecular weight excluding hydrogens is 522 g/mol. The van der Waals surface area contributed by atoms with Gasteiger partial charge in [-0.05, 0) is 67.4 Å². The molecule has 0 aliphatic rings. The first kappa shape index (κ1) is 29.3. The van der Waals surface area contributed by atoms with Gasteiger partial charge in [0.1, 0.15) is 28.2 Å². The van der Waals surface area contributed by atoms with Gasteiger partial charge in [-0.25, -0.2) is 8.42 Å². The summed E-state index contributed by atoms with van der Waals surface area (Å²) in [6, 6.07) is 16.5. The van der Waals surface area contributed by atoms with Crippen LogP contribution in [0.1, 0.15) is 31.1 Å². The smallest absolute Gasteiger partial charge is 0.265 e. The van der Waals surface area contributed by atoms with Crippen LogP contribution in [-0.4, -0.2) is 47.1 Å². The van der Waals surface area contributed by atoms with E-state index in [0.29, 0.717) is 29.4 Å². The first-order valence-corrected chi connectivity index (χ1v) is 13.8. The third-order valence-electron chi connectivity index (χ3n) is 5.73. The van der Waals surface area contributed by atoms with Crippen LogP contribution in [0.15, 0.2) is 71.6 Å². The highest BCUT2D eigenvalue weighted by atomic mass is 32.2. The van der Waals surface area contributed by atoms with Gasteiger partial charge in [0, 0.05) is 11.4 Å². The van der Waals surface area contributed by atoms with Gasteiger partial charge in [0.25, 0.3) is 15.9 Å². The minimum atomic E-state index is -4.09. The van der Waals surface area contributed by atoms with E-state index in [0.717, 1.165) is 0 Å². The van der Waals surface area contributed by atoms with E-state index >= 15 is 0 Å². The molecule has 0 bridgehead atoms. The number of carbonyl (C=O) groups excluding carboxylic acids is 2. The van der Waals surface area contributed by atoms with Crippen LogP contribution in [0, 0.1) is 5.92 Å². The maximum absolute atomic E-state index is 13.2. The zero-order chi connectivity index (χ0) is 28.6. The Morgan fingerprint density at radius 2 is 1.54 bits per heavy atom. The number of sulfonamides is 1. The predicted molar refractivity (Wildman–Crippen MR) is 149 cm³/mol. The summed E-state index contributed by atoms with van der Waals surface area (Å²) in [5, 5.41) is 5.48. The lowest BCUT2D eigenvalue weighted by molar-refractivity contribution is -0.118. The molecule has 3 aromatic rings. The van der Waals surface area contributed by atoms with Crippen LogP contribution in [0.5, 0.6) is 17.2 Å². The van der Waals surface area contributed by atoms with Crippen molar-refractivity contribution in [1.29, 1.82) is 0 Å². The highest BCUT2D eigenvalue weighted by Gasteiger charge is 2.27. The van der Waals surface area contributed by atoms with E-state index in [1.807, 2.05) is 6.92 Å². The van der Waals surface area contributed by atoms with E-state index in [1.54, 1.807) is 62.4 Å². The van der Waals surface area contributed by atoms with E-state index in [1.165, 1.54) is 32.4 Å². The second-order valence-corrected chi connectivity index (χ2v) is 10.5. The van der Waals surface area contributed by atoms with Crippen LogP contribution in [0.4, 0.5) is 11.4 Å². The summed E-state index contributed by atoms with van der Waals surface area (Å²) in [5.74, 6) is -0.164. The van der Waals surface area contributed by atoms with E-state index in [9.17, 15) is 18.0 Å². The summed E-state index contributed by atoms with van der Waals surface area (Å²) in [6.07, 6.45) is 0. The number of nitrogens with one attached hydrogen (secondary N) is 3. The SMILES string of the molecule is CCOc1ccccc1C(=O)N[C@H](C(=O)Nc1ccc(OC)c(S(=O)(=O)Nc2ccc(OC)cc2)c1)C(C)C. The van der Waals surface area contributed by atoms with Gasteiger partial charge in [0.2, 0.25) is 5.91 Å². The van der Waals surface area contributed by atoms with Gasteiger partial charge in [-0.15, -0.1) is 0 Å². The summed E-state index contributed by atoms with van der Waals surface area (Å²) in [6.45, 7) is 5.78. The third kappa shape index (κ3) is 7.41. The van der Waals surface area contributed by atoms with Crippen molar-refractivity contribution in [2.24, 2.45) is 5.92 Å². The summed E-state index contributed by atoms with van der Waals surface area (Å²) >= 11 is 0. The fourth-order valence-electron chi connectivity index (χ4n) is 3.74. The van der Waals surface area contributed by atoms with Crippen molar-refractivity contribution in [2.75, 3.05) is 30.9 Å². The first-order valence-electron chi connectivity index (χ1n) is 12.3. The molecule has 0 saturated heterocycles. The van der Waals surface area contributed by atoms with Gasteiger partial charge in [-0.2, -0.15) is 0 Å². The van der Waals surface area contributed by atoms with Crippen LogP contribution < -0.4 is 29.6 Å². The average Bonchev–Trinajstić information content (AvgIpc) is 2.92. The molecule has 11 heteroatoms. The molecule has 3 aromatic carbocycles. The summed E-state index contributed by atoms with van der Waals surface area (Å²) in [7, 11) is -1.22. The second-order valence-electron chi connectivity index (χ2n) is 8.81. The maximum Gasteiger partial charge on any atom is 0.265 e.